The first-order chi connectivity index (χ1) is 12.9. The molecule has 28 heavy (non-hydrogen) atoms. The molecule has 0 saturated carbocycles. The number of amides is 3. The standard InChI is InChI=1S/C17H24FN3O6S/c1-11(2)7-8-19-17(24)20-15(22)10-27-16(23)13-9-12(5-6-14(13)18)28(25,26)21(3)4/h5-6,9,11H,7-8,10H2,1-4H3,(H2,19,20,22,24). The van der Waals surface area contributed by atoms with Crippen LogP contribution in [0.1, 0.15) is 30.6 Å². The van der Waals surface area contributed by atoms with Crippen LogP contribution >= 0.6 is 0 Å². The van der Waals surface area contributed by atoms with Crippen LogP contribution in [0.5, 0.6) is 0 Å². The number of imide groups is 1. The topological polar surface area (TPSA) is 122 Å². The van der Waals surface area contributed by atoms with Crippen molar-refractivity contribution in [3.8, 4) is 0 Å². The predicted molar refractivity (Wildman–Crippen MR) is 98.6 cm³/mol. The molecule has 2 N–H and O–H groups in total. The van der Waals surface area contributed by atoms with Gasteiger partial charge in [-0.25, -0.2) is 26.7 Å². The number of halogens is 1. The molecule has 0 aromatic heterocycles. The smallest absolute Gasteiger partial charge is 0.341 e. The second-order valence-electron chi connectivity index (χ2n) is 6.49. The molecule has 9 nitrogen and oxygen atoms in total. The summed E-state index contributed by atoms with van der Waals surface area (Å²) in [6, 6.07) is 1.90. The Morgan fingerprint density at radius 3 is 2.43 bits per heavy atom. The van der Waals surface area contributed by atoms with E-state index in [0.29, 0.717) is 12.5 Å². The summed E-state index contributed by atoms with van der Waals surface area (Å²) in [6.45, 7) is 3.49. The Kier molecular flexibility index (Phi) is 8.51. The van der Waals surface area contributed by atoms with Crippen LogP contribution in [-0.2, 0) is 19.6 Å². The van der Waals surface area contributed by atoms with Gasteiger partial charge in [0.25, 0.3) is 5.91 Å². The van der Waals surface area contributed by atoms with Gasteiger partial charge >= 0.3 is 12.0 Å². The molecule has 0 spiro atoms. The van der Waals surface area contributed by atoms with Crippen molar-refractivity contribution in [2.45, 2.75) is 25.2 Å². The number of carbonyl (C=O) groups excluding carboxylic acids is 3. The molecule has 3 amide bonds. The molecule has 0 saturated heterocycles. The highest BCUT2D eigenvalue weighted by Gasteiger charge is 2.22. The average molecular weight is 417 g/mol. The number of carbonyl (C=O) groups is 3. The van der Waals surface area contributed by atoms with E-state index >= 15 is 0 Å². The summed E-state index contributed by atoms with van der Waals surface area (Å²) in [5, 5.41) is 4.43. The number of urea groups is 1. The molecule has 0 radical (unpaired) electrons. The van der Waals surface area contributed by atoms with Gasteiger partial charge in [-0.05, 0) is 30.5 Å². The molecule has 1 aromatic carbocycles. The van der Waals surface area contributed by atoms with Crippen molar-refractivity contribution in [2.24, 2.45) is 5.92 Å². The molecule has 0 unspecified atom stereocenters. The highest BCUT2D eigenvalue weighted by Crippen LogP contribution is 2.18. The maximum Gasteiger partial charge on any atom is 0.341 e. The van der Waals surface area contributed by atoms with E-state index in [9.17, 15) is 27.2 Å². The number of esters is 1. The lowest BCUT2D eigenvalue weighted by Crippen LogP contribution is -2.42. The monoisotopic (exact) mass is 417 g/mol. The zero-order valence-electron chi connectivity index (χ0n) is 16.1. The zero-order chi connectivity index (χ0) is 21.5. The van der Waals surface area contributed by atoms with Crippen molar-refractivity contribution >= 4 is 27.9 Å². The molecule has 156 valence electrons. The van der Waals surface area contributed by atoms with Crippen LogP contribution in [0, 0.1) is 11.7 Å². The van der Waals surface area contributed by atoms with E-state index in [4.69, 9.17) is 0 Å². The summed E-state index contributed by atoms with van der Waals surface area (Å²) in [6.07, 6.45) is 0.724. The molecule has 0 heterocycles. The van der Waals surface area contributed by atoms with Crippen LogP contribution in [-0.4, -0.2) is 57.9 Å². The Morgan fingerprint density at radius 1 is 1.21 bits per heavy atom. The third kappa shape index (κ3) is 6.89. The Balaban J connectivity index is 2.68. The van der Waals surface area contributed by atoms with Gasteiger partial charge in [-0.3, -0.25) is 10.1 Å². The molecule has 0 aliphatic carbocycles. The van der Waals surface area contributed by atoms with Gasteiger partial charge in [-0.2, -0.15) is 0 Å². The fourth-order valence-corrected chi connectivity index (χ4v) is 2.85. The molecule has 0 fully saturated rings. The first kappa shape index (κ1) is 23.5. The lowest BCUT2D eigenvalue weighted by atomic mass is 10.1. The summed E-state index contributed by atoms with van der Waals surface area (Å²) in [7, 11) is -1.32. The number of nitrogens with zero attached hydrogens (tertiary/aromatic N) is 1. The molecule has 0 atom stereocenters. The highest BCUT2D eigenvalue weighted by atomic mass is 32.2. The molecule has 0 aliphatic rings. The first-order valence-corrected chi connectivity index (χ1v) is 9.86. The van der Waals surface area contributed by atoms with Crippen LogP contribution in [0.15, 0.2) is 23.1 Å². The minimum absolute atomic E-state index is 0.306. The fourth-order valence-electron chi connectivity index (χ4n) is 1.92. The second-order valence-corrected chi connectivity index (χ2v) is 8.64. The van der Waals surface area contributed by atoms with Gasteiger partial charge in [0.1, 0.15) is 5.82 Å². The Hall–Kier alpha value is -2.53. The van der Waals surface area contributed by atoms with Crippen molar-refractivity contribution in [2.75, 3.05) is 27.2 Å². The summed E-state index contributed by atoms with van der Waals surface area (Å²) in [4.78, 5) is 34.8. The average Bonchev–Trinajstić information content (AvgIpc) is 2.59. The lowest BCUT2D eigenvalue weighted by molar-refractivity contribution is -0.123. The second kappa shape index (κ2) is 10.1. The third-order valence-electron chi connectivity index (χ3n) is 3.53. The Labute approximate surface area is 163 Å². The molecule has 0 bridgehead atoms. The van der Waals surface area contributed by atoms with Gasteiger partial charge in [-0.1, -0.05) is 13.8 Å². The van der Waals surface area contributed by atoms with E-state index in [0.717, 1.165) is 28.9 Å². The van der Waals surface area contributed by atoms with E-state index in [1.54, 1.807) is 0 Å². The molecular formula is C17H24FN3O6S. The van der Waals surface area contributed by atoms with Crippen molar-refractivity contribution < 1.29 is 31.9 Å². The summed E-state index contributed by atoms with van der Waals surface area (Å²) < 4.78 is 43.6. The van der Waals surface area contributed by atoms with Crippen molar-refractivity contribution in [3.05, 3.63) is 29.6 Å². The molecule has 1 rings (SSSR count). The number of nitrogens with one attached hydrogen (secondary N) is 2. The minimum Gasteiger partial charge on any atom is -0.452 e. The zero-order valence-corrected chi connectivity index (χ0v) is 16.9. The summed E-state index contributed by atoms with van der Waals surface area (Å²) in [5.41, 5.74) is -0.642. The van der Waals surface area contributed by atoms with Gasteiger partial charge in [0.2, 0.25) is 10.0 Å². The number of hydrogen-bond donors (Lipinski definition) is 2. The van der Waals surface area contributed by atoms with Crippen LogP contribution in [0.3, 0.4) is 0 Å². The number of benzene rings is 1. The third-order valence-corrected chi connectivity index (χ3v) is 5.34. The van der Waals surface area contributed by atoms with Crippen LogP contribution in [0.4, 0.5) is 9.18 Å². The van der Waals surface area contributed by atoms with Gasteiger partial charge in [-0.15, -0.1) is 0 Å². The molecule has 1 aromatic rings. The molecule has 0 aliphatic heterocycles. The lowest BCUT2D eigenvalue weighted by Gasteiger charge is -2.12. The van der Waals surface area contributed by atoms with E-state index in [2.05, 4.69) is 10.1 Å². The van der Waals surface area contributed by atoms with Gasteiger partial charge in [0.15, 0.2) is 6.61 Å². The van der Waals surface area contributed by atoms with E-state index in [-0.39, 0.29) is 4.90 Å². The fraction of sp³-hybridized carbons (Fsp3) is 0.471. The predicted octanol–water partition coefficient (Wildman–Crippen LogP) is 1.10. The number of rotatable bonds is 8. The van der Waals surface area contributed by atoms with Gasteiger partial charge < -0.3 is 10.1 Å². The quantitative estimate of drug-likeness (QED) is 0.611. The van der Waals surface area contributed by atoms with Gasteiger partial charge in [0, 0.05) is 20.6 Å². The van der Waals surface area contributed by atoms with Crippen molar-refractivity contribution in [1.82, 2.24) is 14.9 Å². The van der Waals surface area contributed by atoms with Crippen LogP contribution in [0.2, 0.25) is 0 Å². The van der Waals surface area contributed by atoms with Crippen molar-refractivity contribution in [3.63, 3.8) is 0 Å². The molecule has 11 heteroatoms. The maximum atomic E-state index is 13.9. The number of ether oxygens (including phenoxy) is 1. The van der Waals surface area contributed by atoms with Crippen LogP contribution in [0.25, 0.3) is 0 Å². The normalized spacial score (nSPS) is 11.4. The number of hydrogen-bond acceptors (Lipinski definition) is 6. The first-order valence-electron chi connectivity index (χ1n) is 8.42. The highest BCUT2D eigenvalue weighted by molar-refractivity contribution is 7.89. The van der Waals surface area contributed by atoms with Crippen LogP contribution < -0.4 is 10.6 Å². The molecular weight excluding hydrogens is 393 g/mol. The maximum absolute atomic E-state index is 13.9. The number of sulfonamides is 1. The summed E-state index contributed by atoms with van der Waals surface area (Å²) >= 11 is 0. The minimum atomic E-state index is -3.89. The SMILES string of the molecule is CC(C)CCNC(=O)NC(=O)COC(=O)c1cc(S(=O)(=O)N(C)C)ccc1F. The van der Waals surface area contributed by atoms with Crippen molar-refractivity contribution in [1.29, 1.82) is 0 Å². The van der Waals surface area contributed by atoms with E-state index in [1.165, 1.54) is 14.1 Å². The van der Waals surface area contributed by atoms with Gasteiger partial charge in [0.05, 0.1) is 10.5 Å². The van der Waals surface area contributed by atoms with E-state index < -0.39 is 45.9 Å². The Bertz CT molecular complexity index is 839. The largest absolute Gasteiger partial charge is 0.452 e. The van der Waals surface area contributed by atoms with E-state index in [1.807, 2.05) is 19.2 Å². The summed E-state index contributed by atoms with van der Waals surface area (Å²) in [5.74, 6) is -2.77. The Morgan fingerprint density at radius 2 is 1.86 bits per heavy atom.